The second-order valence-corrected chi connectivity index (χ2v) is 8.95. The normalized spacial score (nSPS) is 19.1. The summed E-state index contributed by atoms with van der Waals surface area (Å²) in [5.74, 6) is 2.70. The Morgan fingerprint density at radius 2 is 1.88 bits per heavy atom. The average Bonchev–Trinajstić information content (AvgIpc) is 2.82. The van der Waals surface area contributed by atoms with Crippen molar-refractivity contribution in [2.75, 3.05) is 72.2 Å². The SMILES string of the molecule is CCNC(=NCc1cccc(OCCN2CCOCC2)c1)NCCCN1CCC(C)CC1. The van der Waals surface area contributed by atoms with E-state index in [2.05, 4.69) is 52.5 Å². The Labute approximate surface area is 194 Å². The molecule has 0 atom stereocenters. The van der Waals surface area contributed by atoms with Gasteiger partial charge in [0.2, 0.25) is 0 Å². The van der Waals surface area contributed by atoms with Crippen molar-refractivity contribution in [2.24, 2.45) is 10.9 Å². The van der Waals surface area contributed by atoms with Crippen LogP contribution in [0.15, 0.2) is 29.3 Å². The lowest BCUT2D eigenvalue weighted by atomic mass is 9.99. The first-order valence-electron chi connectivity index (χ1n) is 12.5. The van der Waals surface area contributed by atoms with Crippen molar-refractivity contribution in [3.63, 3.8) is 0 Å². The molecule has 2 saturated heterocycles. The predicted octanol–water partition coefficient (Wildman–Crippen LogP) is 2.57. The molecule has 0 unspecified atom stereocenters. The van der Waals surface area contributed by atoms with E-state index in [1.807, 2.05) is 6.07 Å². The molecule has 180 valence electrons. The Morgan fingerprint density at radius 1 is 1.09 bits per heavy atom. The lowest BCUT2D eigenvalue weighted by Gasteiger charge is -2.30. The number of rotatable bonds is 11. The molecule has 7 heteroatoms. The summed E-state index contributed by atoms with van der Waals surface area (Å²) in [7, 11) is 0. The third kappa shape index (κ3) is 9.35. The molecule has 0 spiro atoms. The molecule has 1 aromatic rings. The van der Waals surface area contributed by atoms with Gasteiger partial charge in [0.05, 0.1) is 19.8 Å². The Balaban J connectivity index is 1.38. The van der Waals surface area contributed by atoms with Crippen LogP contribution in [0, 0.1) is 5.92 Å². The van der Waals surface area contributed by atoms with Gasteiger partial charge in [-0.2, -0.15) is 0 Å². The van der Waals surface area contributed by atoms with Gasteiger partial charge in [0.1, 0.15) is 12.4 Å². The van der Waals surface area contributed by atoms with E-state index < -0.39 is 0 Å². The van der Waals surface area contributed by atoms with Gasteiger partial charge < -0.3 is 25.0 Å². The van der Waals surface area contributed by atoms with E-state index in [-0.39, 0.29) is 0 Å². The van der Waals surface area contributed by atoms with Gasteiger partial charge in [-0.15, -0.1) is 0 Å². The van der Waals surface area contributed by atoms with Gasteiger partial charge in [0.15, 0.2) is 5.96 Å². The maximum Gasteiger partial charge on any atom is 0.191 e. The Morgan fingerprint density at radius 3 is 2.66 bits per heavy atom. The minimum absolute atomic E-state index is 0.639. The van der Waals surface area contributed by atoms with Crippen molar-refractivity contribution in [3.8, 4) is 5.75 Å². The number of aliphatic imine (C=N–C) groups is 1. The fraction of sp³-hybridized carbons (Fsp3) is 0.720. The number of guanidine groups is 1. The maximum absolute atomic E-state index is 5.98. The molecule has 2 fully saturated rings. The smallest absolute Gasteiger partial charge is 0.191 e. The van der Waals surface area contributed by atoms with E-state index in [1.54, 1.807) is 0 Å². The standard InChI is InChI=1S/C25H43N5O2/c1-3-26-25(27-10-5-11-29-12-8-22(2)9-13-29)28-21-23-6-4-7-24(20-23)32-19-16-30-14-17-31-18-15-30/h4,6-7,20,22H,3,5,8-19,21H2,1-2H3,(H2,26,27,28). The highest BCUT2D eigenvalue weighted by Crippen LogP contribution is 2.16. The molecule has 0 amide bonds. The number of ether oxygens (including phenoxy) is 2. The van der Waals surface area contributed by atoms with E-state index in [9.17, 15) is 0 Å². The van der Waals surface area contributed by atoms with Crippen LogP contribution in [0.4, 0.5) is 0 Å². The maximum atomic E-state index is 5.98. The van der Waals surface area contributed by atoms with Crippen LogP contribution in [-0.2, 0) is 11.3 Å². The van der Waals surface area contributed by atoms with Crippen molar-refractivity contribution in [1.82, 2.24) is 20.4 Å². The molecule has 2 aliphatic rings. The van der Waals surface area contributed by atoms with E-state index >= 15 is 0 Å². The molecule has 2 N–H and O–H groups in total. The number of hydrogen-bond acceptors (Lipinski definition) is 5. The first-order chi connectivity index (χ1) is 15.7. The number of morpholine rings is 1. The summed E-state index contributed by atoms with van der Waals surface area (Å²) in [6.07, 6.45) is 3.83. The second kappa shape index (κ2) is 14.3. The molecule has 2 aliphatic heterocycles. The third-order valence-corrected chi connectivity index (χ3v) is 6.26. The molecule has 0 aliphatic carbocycles. The number of benzene rings is 1. The minimum atomic E-state index is 0.639. The number of piperidine rings is 1. The molecule has 0 saturated carbocycles. The largest absolute Gasteiger partial charge is 0.492 e. The van der Waals surface area contributed by atoms with E-state index in [0.29, 0.717) is 13.2 Å². The van der Waals surface area contributed by atoms with Gasteiger partial charge >= 0.3 is 0 Å². The fourth-order valence-electron chi connectivity index (χ4n) is 4.16. The number of nitrogens with one attached hydrogen (secondary N) is 2. The third-order valence-electron chi connectivity index (χ3n) is 6.26. The van der Waals surface area contributed by atoms with Crippen LogP contribution in [0.2, 0.25) is 0 Å². The summed E-state index contributed by atoms with van der Waals surface area (Å²) in [5, 5.41) is 6.85. The van der Waals surface area contributed by atoms with E-state index in [4.69, 9.17) is 14.5 Å². The van der Waals surface area contributed by atoms with E-state index in [0.717, 1.165) is 75.5 Å². The number of likely N-dealkylation sites (tertiary alicyclic amines) is 1. The predicted molar refractivity (Wildman–Crippen MR) is 131 cm³/mol. The zero-order valence-corrected chi connectivity index (χ0v) is 20.2. The fourth-order valence-corrected chi connectivity index (χ4v) is 4.16. The Bertz CT molecular complexity index is 670. The first-order valence-corrected chi connectivity index (χ1v) is 12.5. The summed E-state index contributed by atoms with van der Waals surface area (Å²) in [5.41, 5.74) is 1.16. The molecule has 7 nitrogen and oxygen atoms in total. The molecule has 0 aromatic heterocycles. The monoisotopic (exact) mass is 445 g/mol. The highest BCUT2D eigenvalue weighted by atomic mass is 16.5. The van der Waals surface area contributed by atoms with Crippen LogP contribution in [0.3, 0.4) is 0 Å². The van der Waals surface area contributed by atoms with Crippen LogP contribution < -0.4 is 15.4 Å². The van der Waals surface area contributed by atoms with Crippen LogP contribution in [0.25, 0.3) is 0 Å². The summed E-state index contributed by atoms with van der Waals surface area (Å²) in [4.78, 5) is 9.76. The topological polar surface area (TPSA) is 61.4 Å². The Kier molecular flexibility index (Phi) is 11.1. The van der Waals surface area contributed by atoms with Crippen molar-refractivity contribution < 1.29 is 9.47 Å². The first kappa shape index (κ1) is 24.8. The lowest BCUT2D eigenvalue weighted by Crippen LogP contribution is -2.39. The van der Waals surface area contributed by atoms with Gasteiger partial charge in [-0.3, -0.25) is 4.90 Å². The molecular weight excluding hydrogens is 402 g/mol. The highest BCUT2D eigenvalue weighted by Gasteiger charge is 2.14. The Hall–Kier alpha value is -1.83. The zero-order valence-electron chi connectivity index (χ0n) is 20.2. The summed E-state index contributed by atoms with van der Waals surface area (Å²) >= 11 is 0. The van der Waals surface area contributed by atoms with Crippen molar-refractivity contribution in [2.45, 2.75) is 39.7 Å². The van der Waals surface area contributed by atoms with Crippen molar-refractivity contribution in [3.05, 3.63) is 29.8 Å². The quantitative estimate of drug-likeness (QED) is 0.310. The summed E-state index contributed by atoms with van der Waals surface area (Å²) in [6.45, 7) is 15.9. The van der Waals surface area contributed by atoms with Gasteiger partial charge in [0, 0.05) is 32.7 Å². The molecule has 3 rings (SSSR count). The van der Waals surface area contributed by atoms with Crippen LogP contribution >= 0.6 is 0 Å². The number of hydrogen-bond donors (Lipinski definition) is 2. The van der Waals surface area contributed by atoms with Gasteiger partial charge in [-0.25, -0.2) is 4.99 Å². The molecule has 2 heterocycles. The zero-order chi connectivity index (χ0) is 22.4. The van der Waals surface area contributed by atoms with Gasteiger partial charge in [0.25, 0.3) is 0 Å². The summed E-state index contributed by atoms with van der Waals surface area (Å²) in [6, 6.07) is 8.29. The lowest BCUT2D eigenvalue weighted by molar-refractivity contribution is 0.0322. The molecule has 32 heavy (non-hydrogen) atoms. The second-order valence-electron chi connectivity index (χ2n) is 8.95. The van der Waals surface area contributed by atoms with E-state index in [1.165, 1.54) is 32.5 Å². The molecule has 1 aromatic carbocycles. The van der Waals surface area contributed by atoms with Gasteiger partial charge in [-0.1, -0.05) is 19.1 Å². The average molecular weight is 446 g/mol. The molecule has 0 bridgehead atoms. The highest BCUT2D eigenvalue weighted by molar-refractivity contribution is 5.79. The molecular formula is C25H43N5O2. The van der Waals surface area contributed by atoms with Crippen LogP contribution in [-0.4, -0.2) is 87.9 Å². The number of nitrogens with zero attached hydrogens (tertiary/aromatic N) is 3. The van der Waals surface area contributed by atoms with Crippen molar-refractivity contribution >= 4 is 5.96 Å². The minimum Gasteiger partial charge on any atom is -0.492 e. The molecule has 0 radical (unpaired) electrons. The van der Waals surface area contributed by atoms with Crippen LogP contribution in [0.5, 0.6) is 5.75 Å². The van der Waals surface area contributed by atoms with Crippen LogP contribution in [0.1, 0.15) is 38.7 Å². The van der Waals surface area contributed by atoms with Gasteiger partial charge in [-0.05, 0) is 69.4 Å². The van der Waals surface area contributed by atoms with Crippen molar-refractivity contribution in [1.29, 1.82) is 0 Å². The summed E-state index contributed by atoms with van der Waals surface area (Å²) < 4.78 is 11.4.